The molecule has 1 aliphatic rings. The molecular weight excluding hydrogens is 370 g/mol. The molecule has 0 aliphatic carbocycles. The number of piperazine rings is 1. The van der Waals surface area contributed by atoms with Gasteiger partial charge in [0.15, 0.2) is 0 Å². The first-order chi connectivity index (χ1) is 11.3. The second-order valence-electron chi connectivity index (χ2n) is 7.01. The second kappa shape index (κ2) is 8.21. The molecule has 0 aromatic heterocycles. The zero-order chi connectivity index (χ0) is 17.7. The minimum atomic E-state index is -0.446. The molecule has 1 heterocycles. The van der Waals surface area contributed by atoms with Crippen LogP contribution in [-0.2, 0) is 11.3 Å². The van der Waals surface area contributed by atoms with Crippen LogP contribution in [-0.4, -0.2) is 49.3 Å². The molecule has 0 bridgehead atoms. The number of nitrogens with zero attached hydrogens (tertiary/aromatic N) is 2. The van der Waals surface area contributed by atoms with Gasteiger partial charge < -0.3 is 19.9 Å². The molecule has 1 aliphatic heterocycles. The Labute approximate surface area is 153 Å². The summed E-state index contributed by atoms with van der Waals surface area (Å²) in [6, 6.07) is 6.39. The average molecular weight is 398 g/mol. The SMILES string of the molecule is CCNCc1cc(Br)ccc1N1CCN(C(=O)OC(C)(C)C)CC1. The number of rotatable bonds is 4. The minimum Gasteiger partial charge on any atom is -0.444 e. The fourth-order valence-corrected chi connectivity index (χ4v) is 3.13. The Balaban J connectivity index is 2.00. The summed E-state index contributed by atoms with van der Waals surface area (Å²) in [6.07, 6.45) is -0.217. The lowest BCUT2D eigenvalue weighted by molar-refractivity contribution is 0.0240. The molecular formula is C18H28BrN3O2. The van der Waals surface area contributed by atoms with Crippen molar-refractivity contribution in [2.75, 3.05) is 37.6 Å². The van der Waals surface area contributed by atoms with Crippen LogP contribution in [0.2, 0.25) is 0 Å². The predicted octanol–water partition coefficient (Wildman–Crippen LogP) is 3.62. The van der Waals surface area contributed by atoms with Crippen molar-refractivity contribution in [3.8, 4) is 0 Å². The van der Waals surface area contributed by atoms with Gasteiger partial charge >= 0.3 is 6.09 Å². The topological polar surface area (TPSA) is 44.8 Å². The van der Waals surface area contributed by atoms with Crippen LogP contribution in [0.4, 0.5) is 10.5 Å². The van der Waals surface area contributed by atoms with Crippen LogP contribution in [0, 0.1) is 0 Å². The van der Waals surface area contributed by atoms with Crippen molar-refractivity contribution in [3.63, 3.8) is 0 Å². The van der Waals surface area contributed by atoms with Gasteiger partial charge in [0.2, 0.25) is 0 Å². The Morgan fingerprint density at radius 3 is 2.50 bits per heavy atom. The van der Waals surface area contributed by atoms with Crippen LogP contribution in [0.15, 0.2) is 22.7 Å². The summed E-state index contributed by atoms with van der Waals surface area (Å²) in [5.74, 6) is 0. The van der Waals surface area contributed by atoms with Crippen LogP contribution in [0.3, 0.4) is 0 Å². The normalized spacial score (nSPS) is 15.5. The van der Waals surface area contributed by atoms with Crippen molar-refractivity contribution < 1.29 is 9.53 Å². The Bertz CT molecular complexity index is 564. The lowest BCUT2D eigenvalue weighted by Crippen LogP contribution is -2.50. The number of hydrogen-bond acceptors (Lipinski definition) is 4. The van der Waals surface area contributed by atoms with Crippen LogP contribution < -0.4 is 10.2 Å². The molecule has 1 aromatic rings. The zero-order valence-corrected chi connectivity index (χ0v) is 16.6. The number of carbonyl (C=O) groups excluding carboxylic acids is 1. The van der Waals surface area contributed by atoms with E-state index in [1.165, 1.54) is 11.3 Å². The van der Waals surface area contributed by atoms with E-state index in [4.69, 9.17) is 4.74 Å². The Hall–Kier alpha value is -1.27. The van der Waals surface area contributed by atoms with E-state index in [0.717, 1.165) is 30.7 Å². The first-order valence-electron chi connectivity index (χ1n) is 8.52. The summed E-state index contributed by atoms with van der Waals surface area (Å²) < 4.78 is 6.55. The summed E-state index contributed by atoms with van der Waals surface area (Å²) in [5.41, 5.74) is 2.07. The van der Waals surface area contributed by atoms with Crippen molar-refractivity contribution in [1.82, 2.24) is 10.2 Å². The molecule has 1 aromatic carbocycles. The molecule has 0 saturated carbocycles. The summed E-state index contributed by atoms with van der Waals surface area (Å²) in [4.78, 5) is 16.3. The Kier molecular flexibility index (Phi) is 6.52. The molecule has 6 heteroatoms. The van der Waals surface area contributed by atoms with Crippen molar-refractivity contribution in [2.24, 2.45) is 0 Å². The van der Waals surface area contributed by atoms with Crippen molar-refractivity contribution >= 4 is 27.7 Å². The predicted molar refractivity (Wildman–Crippen MR) is 102 cm³/mol. The highest BCUT2D eigenvalue weighted by atomic mass is 79.9. The molecule has 0 radical (unpaired) electrons. The van der Waals surface area contributed by atoms with E-state index in [9.17, 15) is 4.79 Å². The van der Waals surface area contributed by atoms with Crippen LogP contribution >= 0.6 is 15.9 Å². The smallest absolute Gasteiger partial charge is 0.410 e. The van der Waals surface area contributed by atoms with Gasteiger partial charge in [-0.1, -0.05) is 22.9 Å². The number of anilines is 1. The number of benzene rings is 1. The first-order valence-corrected chi connectivity index (χ1v) is 9.31. The quantitative estimate of drug-likeness (QED) is 0.842. The van der Waals surface area contributed by atoms with Crippen LogP contribution in [0.25, 0.3) is 0 Å². The van der Waals surface area contributed by atoms with Gasteiger partial charge in [0, 0.05) is 42.9 Å². The van der Waals surface area contributed by atoms with E-state index in [1.807, 2.05) is 20.8 Å². The van der Waals surface area contributed by atoms with Crippen molar-refractivity contribution in [3.05, 3.63) is 28.2 Å². The van der Waals surface area contributed by atoms with E-state index in [2.05, 4.69) is 51.3 Å². The zero-order valence-electron chi connectivity index (χ0n) is 15.1. The molecule has 1 N–H and O–H groups in total. The van der Waals surface area contributed by atoms with E-state index in [1.54, 1.807) is 4.90 Å². The maximum absolute atomic E-state index is 12.2. The molecule has 24 heavy (non-hydrogen) atoms. The molecule has 1 amide bonds. The molecule has 0 atom stereocenters. The number of carbonyl (C=O) groups is 1. The molecule has 5 nitrogen and oxygen atoms in total. The third-order valence-corrected chi connectivity index (χ3v) is 4.37. The average Bonchev–Trinajstić information content (AvgIpc) is 2.51. The molecule has 1 fully saturated rings. The van der Waals surface area contributed by atoms with Crippen LogP contribution in [0.5, 0.6) is 0 Å². The largest absolute Gasteiger partial charge is 0.444 e. The van der Waals surface area contributed by atoms with Crippen LogP contribution in [0.1, 0.15) is 33.3 Å². The third-order valence-electron chi connectivity index (χ3n) is 3.88. The van der Waals surface area contributed by atoms with E-state index in [-0.39, 0.29) is 6.09 Å². The Morgan fingerprint density at radius 2 is 1.92 bits per heavy atom. The summed E-state index contributed by atoms with van der Waals surface area (Å²) in [6.45, 7) is 12.6. The van der Waals surface area contributed by atoms with Gasteiger partial charge in [0.1, 0.15) is 5.60 Å². The highest BCUT2D eigenvalue weighted by Crippen LogP contribution is 2.26. The fourth-order valence-electron chi connectivity index (χ4n) is 2.72. The minimum absolute atomic E-state index is 0.217. The summed E-state index contributed by atoms with van der Waals surface area (Å²) in [7, 11) is 0. The van der Waals surface area contributed by atoms with Gasteiger partial charge in [0.05, 0.1) is 0 Å². The van der Waals surface area contributed by atoms with Crippen molar-refractivity contribution in [1.29, 1.82) is 0 Å². The maximum atomic E-state index is 12.2. The molecule has 0 unspecified atom stereocenters. The lowest BCUT2D eigenvalue weighted by Gasteiger charge is -2.37. The second-order valence-corrected chi connectivity index (χ2v) is 7.92. The number of hydrogen-bond donors (Lipinski definition) is 1. The first kappa shape index (κ1) is 19.1. The molecule has 1 saturated heterocycles. The monoisotopic (exact) mass is 397 g/mol. The fraction of sp³-hybridized carbons (Fsp3) is 0.611. The van der Waals surface area contributed by atoms with E-state index < -0.39 is 5.60 Å². The van der Waals surface area contributed by atoms with Gasteiger partial charge in [-0.15, -0.1) is 0 Å². The van der Waals surface area contributed by atoms with Gasteiger partial charge in [0.25, 0.3) is 0 Å². The molecule has 0 spiro atoms. The van der Waals surface area contributed by atoms with Gasteiger partial charge in [-0.05, 0) is 51.1 Å². The molecule has 134 valence electrons. The third kappa shape index (κ3) is 5.38. The van der Waals surface area contributed by atoms with E-state index in [0.29, 0.717) is 13.1 Å². The van der Waals surface area contributed by atoms with Crippen molar-refractivity contribution in [2.45, 2.75) is 39.8 Å². The number of ether oxygens (including phenoxy) is 1. The molecule has 2 rings (SSSR count). The highest BCUT2D eigenvalue weighted by Gasteiger charge is 2.26. The Morgan fingerprint density at radius 1 is 1.25 bits per heavy atom. The standard InChI is InChI=1S/C18H28BrN3O2/c1-5-20-13-14-12-15(19)6-7-16(14)21-8-10-22(11-9-21)17(23)24-18(2,3)4/h6-7,12,20H,5,8-11,13H2,1-4H3. The highest BCUT2D eigenvalue weighted by molar-refractivity contribution is 9.10. The lowest BCUT2D eigenvalue weighted by atomic mass is 10.1. The van der Waals surface area contributed by atoms with Gasteiger partial charge in [-0.3, -0.25) is 0 Å². The van der Waals surface area contributed by atoms with Gasteiger partial charge in [-0.2, -0.15) is 0 Å². The van der Waals surface area contributed by atoms with E-state index >= 15 is 0 Å². The maximum Gasteiger partial charge on any atom is 0.410 e. The number of nitrogens with one attached hydrogen (secondary N) is 1. The number of amides is 1. The summed E-state index contributed by atoms with van der Waals surface area (Å²) >= 11 is 3.55. The van der Waals surface area contributed by atoms with Gasteiger partial charge in [-0.25, -0.2) is 4.79 Å². The number of halogens is 1. The summed E-state index contributed by atoms with van der Waals surface area (Å²) in [5, 5.41) is 3.39.